The number of nitrogens with zero attached hydrogens (tertiary/aromatic N) is 2. The lowest BCUT2D eigenvalue weighted by Crippen LogP contribution is -2.43. The van der Waals surface area contributed by atoms with Gasteiger partial charge in [-0.2, -0.15) is 0 Å². The topological polar surface area (TPSA) is 97.7 Å². The Morgan fingerprint density at radius 3 is 2.68 bits per heavy atom. The number of ether oxygens (including phenoxy) is 1. The number of hydrogen-bond donors (Lipinski definition) is 1. The van der Waals surface area contributed by atoms with Gasteiger partial charge in [0.05, 0.1) is 28.3 Å². The zero-order chi connectivity index (χ0) is 20.3. The van der Waals surface area contributed by atoms with Crippen molar-refractivity contribution in [2.24, 2.45) is 5.92 Å². The van der Waals surface area contributed by atoms with Crippen LogP contribution in [-0.2, 0) is 26.1 Å². The number of thiazole rings is 1. The molecule has 1 aromatic carbocycles. The van der Waals surface area contributed by atoms with E-state index in [1.54, 1.807) is 11.0 Å². The Kier molecular flexibility index (Phi) is 6.54. The Hall–Kier alpha value is -1.75. The molecule has 1 aliphatic heterocycles. The van der Waals surface area contributed by atoms with Crippen molar-refractivity contribution < 1.29 is 17.9 Å². The first-order valence-corrected chi connectivity index (χ1v) is 11.6. The Balaban J connectivity index is 1.81. The van der Waals surface area contributed by atoms with Crippen LogP contribution in [-0.4, -0.2) is 56.6 Å². The molecule has 1 N–H and O–H groups in total. The highest BCUT2D eigenvalue weighted by Crippen LogP contribution is 2.22. The lowest BCUT2D eigenvalue weighted by Gasteiger charge is -2.26. The number of carbonyl (C=O) groups is 1. The molecule has 0 bridgehead atoms. The Labute approximate surface area is 168 Å². The molecule has 8 nitrogen and oxygen atoms in total. The second-order valence-electron chi connectivity index (χ2n) is 7.16. The van der Waals surface area contributed by atoms with E-state index in [9.17, 15) is 18.0 Å². The summed E-state index contributed by atoms with van der Waals surface area (Å²) in [4.78, 5) is 26.4. The van der Waals surface area contributed by atoms with Crippen molar-refractivity contribution in [3.63, 3.8) is 0 Å². The van der Waals surface area contributed by atoms with Crippen molar-refractivity contribution in [1.82, 2.24) is 14.2 Å². The first kappa shape index (κ1) is 21.0. The van der Waals surface area contributed by atoms with Gasteiger partial charge in [-0.05, 0) is 30.5 Å². The Morgan fingerprint density at radius 1 is 1.29 bits per heavy atom. The molecule has 1 amide bonds. The van der Waals surface area contributed by atoms with Crippen molar-refractivity contribution in [3.8, 4) is 0 Å². The molecule has 1 aliphatic rings. The van der Waals surface area contributed by atoms with Crippen molar-refractivity contribution in [2.45, 2.75) is 31.7 Å². The van der Waals surface area contributed by atoms with Gasteiger partial charge in [0.1, 0.15) is 6.54 Å². The van der Waals surface area contributed by atoms with Crippen LogP contribution in [0, 0.1) is 5.92 Å². The van der Waals surface area contributed by atoms with Crippen LogP contribution in [0.3, 0.4) is 0 Å². The van der Waals surface area contributed by atoms with Crippen LogP contribution >= 0.6 is 11.3 Å². The number of morpholine rings is 1. The predicted octanol–water partition coefficient (Wildman–Crippen LogP) is 1.25. The third kappa shape index (κ3) is 4.80. The molecule has 1 aromatic heterocycles. The number of aromatic nitrogens is 1. The fourth-order valence-corrected chi connectivity index (χ4v) is 5.05. The van der Waals surface area contributed by atoms with Gasteiger partial charge in [0.15, 0.2) is 0 Å². The van der Waals surface area contributed by atoms with Gasteiger partial charge in [-0.25, -0.2) is 13.1 Å². The molecule has 2 aromatic rings. The summed E-state index contributed by atoms with van der Waals surface area (Å²) in [5, 5.41) is 0. The lowest BCUT2D eigenvalue weighted by molar-refractivity contribution is -0.135. The van der Waals surface area contributed by atoms with E-state index in [2.05, 4.69) is 4.72 Å². The minimum Gasteiger partial charge on any atom is -0.378 e. The number of benzene rings is 1. The maximum atomic E-state index is 12.5. The molecule has 0 atom stereocenters. The first-order chi connectivity index (χ1) is 13.3. The summed E-state index contributed by atoms with van der Waals surface area (Å²) in [5.41, 5.74) is 0.567. The summed E-state index contributed by atoms with van der Waals surface area (Å²) < 4.78 is 34.7. The van der Waals surface area contributed by atoms with Crippen molar-refractivity contribution >= 4 is 37.5 Å². The number of sulfonamides is 1. The van der Waals surface area contributed by atoms with Crippen LogP contribution in [0.5, 0.6) is 0 Å². The van der Waals surface area contributed by atoms with Crippen LogP contribution in [0.1, 0.15) is 20.3 Å². The molecule has 0 unspecified atom stereocenters. The fraction of sp³-hybridized carbons (Fsp3) is 0.556. The molecule has 3 rings (SSSR count). The molecule has 0 spiro atoms. The van der Waals surface area contributed by atoms with Crippen LogP contribution in [0.15, 0.2) is 27.9 Å². The van der Waals surface area contributed by atoms with Crippen LogP contribution in [0.2, 0.25) is 0 Å². The Morgan fingerprint density at radius 2 is 2.00 bits per heavy atom. The molecule has 1 fully saturated rings. The second kappa shape index (κ2) is 8.73. The number of amides is 1. The Bertz CT molecular complexity index is 1000. The highest BCUT2D eigenvalue weighted by atomic mass is 32.2. The maximum Gasteiger partial charge on any atom is 0.308 e. The lowest BCUT2D eigenvalue weighted by atomic mass is 10.1. The molecule has 10 heteroatoms. The SMILES string of the molecule is CC(C)CCNS(=O)(=O)c1ccc2c(c1)sc(=O)n2CC(=O)N1CCOCC1. The third-order valence-corrected chi connectivity index (χ3v) is 7.02. The summed E-state index contributed by atoms with van der Waals surface area (Å²) in [7, 11) is -3.63. The minimum absolute atomic E-state index is 0.0580. The zero-order valence-corrected chi connectivity index (χ0v) is 17.6. The van der Waals surface area contributed by atoms with Crippen molar-refractivity contribution in [3.05, 3.63) is 27.9 Å². The van der Waals surface area contributed by atoms with Gasteiger partial charge in [0.2, 0.25) is 15.9 Å². The highest BCUT2D eigenvalue weighted by molar-refractivity contribution is 7.89. The largest absolute Gasteiger partial charge is 0.378 e. The minimum atomic E-state index is -3.63. The van der Waals surface area contributed by atoms with E-state index >= 15 is 0 Å². The standard InChI is InChI=1S/C18H25N3O5S2/c1-13(2)5-6-19-28(24,25)14-3-4-15-16(11-14)27-18(23)21(15)12-17(22)20-7-9-26-10-8-20/h3-4,11,13,19H,5-10,12H2,1-2H3. The van der Waals surface area contributed by atoms with Crippen LogP contribution in [0.25, 0.3) is 10.2 Å². The summed E-state index contributed by atoms with van der Waals surface area (Å²) in [6.07, 6.45) is 0.745. The van der Waals surface area contributed by atoms with E-state index < -0.39 is 10.0 Å². The summed E-state index contributed by atoms with van der Waals surface area (Å²) in [6.45, 7) is 6.38. The van der Waals surface area contributed by atoms with Gasteiger partial charge in [-0.15, -0.1) is 0 Å². The van der Waals surface area contributed by atoms with E-state index in [4.69, 9.17) is 4.74 Å². The van der Waals surface area contributed by atoms with Gasteiger partial charge < -0.3 is 9.64 Å². The predicted molar refractivity (Wildman–Crippen MR) is 108 cm³/mol. The fourth-order valence-electron chi connectivity index (χ4n) is 2.98. The molecule has 0 aliphatic carbocycles. The quantitative estimate of drug-likeness (QED) is 0.717. The number of fused-ring (bicyclic) bond motifs is 1. The van der Waals surface area contributed by atoms with E-state index in [1.165, 1.54) is 16.7 Å². The van der Waals surface area contributed by atoms with E-state index in [0.717, 1.165) is 17.8 Å². The number of nitrogens with one attached hydrogen (secondary N) is 1. The number of carbonyl (C=O) groups excluding carboxylic acids is 1. The molecule has 154 valence electrons. The molecule has 2 heterocycles. The normalized spacial score (nSPS) is 15.5. The molecule has 0 radical (unpaired) electrons. The summed E-state index contributed by atoms with van der Waals surface area (Å²) >= 11 is 0.946. The van der Waals surface area contributed by atoms with Gasteiger partial charge in [0, 0.05) is 19.6 Å². The van der Waals surface area contributed by atoms with Crippen molar-refractivity contribution in [2.75, 3.05) is 32.8 Å². The van der Waals surface area contributed by atoms with E-state index in [-0.39, 0.29) is 22.2 Å². The number of rotatable bonds is 7. The van der Waals surface area contributed by atoms with E-state index in [0.29, 0.717) is 49.0 Å². The molecular formula is C18H25N3O5S2. The van der Waals surface area contributed by atoms with Gasteiger partial charge >= 0.3 is 4.87 Å². The third-order valence-electron chi connectivity index (χ3n) is 4.62. The molecule has 28 heavy (non-hydrogen) atoms. The average Bonchev–Trinajstić information content (AvgIpc) is 2.96. The van der Waals surface area contributed by atoms with Gasteiger partial charge in [-0.3, -0.25) is 14.2 Å². The maximum absolute atomic E-state index is 12.5. The number of hydrogen-bond acceptors (Lipinski definition) is 6. The zero-order valence-electron chi connectivity index (χ0n) is 16.0. The van der Waals surface area contributed by atoms with Crippen LogP contribution < -0.4 is 9.60 Å². The van der Waals surface area contributed by atoms with E-state index in [1.807, 2.05) is 13.8 Å². The second-order valence-corrected chi connectivity index (χ2v) is 9.92. The first-order valence-electron chi connectivity index (χ1n) is 9.26. The molecular weight excluding hydrogens is 402 g/mol. The monoisotopic (exact) mass is 427 g/mol. The van der Waals surface area contributed by atoms with Gasteiger partial charge in [0.25, 0.3) is 0 Å². The summed E-state index contributed by atoms with van der Waals surface area (Å²) in [5.74, 6) is 0.255. The molecule has 1 saturated heterocycles. The van der Waals surface area contributed by atoms with Crippen molar-refractivity contribution in [1.29, 1.82) is 0 Å². The van der Waals surface area contributed by atoms with Crippen LogP contribution in [0.4, 0.5) is 0 Å². The van der Waals surface area contributed by atoms with Gasteiger partial charge in [-0.1, -0.05) is 25.2 Å². The molecule has 0 saturated carbocycles. The smallest absolute Gasteiger partial charge is 0.308 e. The average molecular weight is 428 g/mol. The summed E-state index contributed by atoms with van der Waals surface area (Å²) in [6, 6.07) is 4.56. The highest BCUT2D eigenvalue weighted by Gasteiger charge is 2.21.